The summed E-state index contributed by atoms with van der Waals surface area (Å²) in [6.07, 6.45) is -0.713. The summed E-state index contributed by atoms with van der Waals surface area (Å²) in [7, 11) is 0. The van der Waals surface area contributed by atoms with Crippen LogP contribution < -0.4 is 11.2 Å². The van der Waals surface area contributed by atoms with Gasteiger partial charge in [-0.2, -0.15) is 5.10 Å². The molecule has 1 saturated carbocycles. The first-order valence-electron chi connectivity index (χ1n) is 6.42. The smallest absolute Gasteiger partial charge is 0.313 e. The van der Waals surface area contributed by atoms with Gasteiger partial charge in [0.1, 0.15) is 5.69 Å². The van der Waals surface area contributed by atoms with Crippen molar-refractivity contribution >= 4 is 0 Å². The lowest BCUT2D eigenvalue weighted by Crippen LogP contribution is -2.23. The molecule has 2 N–H and O–H groups in total. The third kappa shape index (κ3) is 2.48. The Balaban J connectivity index is 0.00000132. The molecule has 0 spiro atoms. The molecule has 0 aliphatic heterocycles. The Labute approximate surface area is 120 Å². The van der Waals surface area contributed by atoms with Crippen LogP contribution in [0.15, 0.2) is 21.9 Å². The van der Waals surface area contributed by atoms with Crippen LogP contribution in [0, 0.1) is 12.8 Å². The number of nitrogens with one attached hydrogen (secondary N) is 2. The Kier molecular flexibility index (Phi) is 3.15. The summed E-state index contributed by atoms with van der Waals surface area (Å²) < 4.78 is 25.4. The molecule has 6 nitrogen and oxygen atoms in total. The maximum Gasteiger partial charge on any atom is 0.325 e. The molecule has 1 aliphatic rings. The summed E-state index contributed by atoms with van der Waals surface area (Å²) in [5, 5.41) is 7.83. The van der Waals surface area contributed by atoms with Crippen molar-refractivity contribution in [3.63, 3.8) is 0 Å². The Morgan fingerprint density at radius 1 is 1.38 bits per heavy atom. The Bertz CT molecular complexity index is 809. The van der Waals surface area contributed by atoms with Crippen LogP contribution in [0.1, 0.15) is 26.4 Å². The molecule has 114 valence electrons. The summed E-state index contributed by atoms with van der Waals surface area (Å²) in [5.41, 5.74) is 0.447. The molecule has 0 aromatic carbocycles. The zero-order chi connectivity index (χ0) is 15.1. The zero-order valence-corrected chi connectivity index (χ0v) is 11.1. The molecule has 2 atom stereocenters. The van der Waals surface area contributed by atoms with Gasteiger partial charge >= 0.3 is 5.69 Å². The summed E-state index contributed by atoms with van der Waals surface area (Å²) in [5.74, 6) is -0.907. The van der Waals surface area contributed by atoms with Crippen molar-refractivity contribution in [3.8, 4) is 11.3 Å². The van der Waals surface area contributed by atoms with E-state index in [-0.39, 0.29) is 20.0 Å². The molecule has 2 heterocycles. The van der Waals surface area contributed by atoms with Crippen LogP contribution in [0.4, 0.5) is 8.78 Å². The molecule has 8 heteroatoms. The van der Waals surface area contributed by atoms with Gasteiger partial charge < -0.3 is 4.98 Å². The van der Waals surface area contributed by atoms with Crippen molar-refractivity contribution in [2.45, 2.75) is 25.7 Å². The number of rotatable bonds is 3. The predicted octanol–water partition coefficient (Wildman–Crippen LogP) is 1.69. The van der Waals surface area contributed by atoms with Gasteiger partial charge in [0.15, 0.2) is 0 Å². The SMILES string of the molecule is Cc1nnc(-c2c[nH]c(=O)[nH]c2=O)cc1C1C[C@@H]1C(F)F.[HH].[HH]. The highest BCUT2D eigenvalue weighted by Crippen LogP contribution is 2.51. The first-order valence-corrected chi connectivity index (χ1v) is 6.42. The quantitative estimate of drug-likeness (QED) is 0.902. The monoisotopic (exact) mass is 298 g/mol. The fourth-order valence-corrected chi connectivity index (χ4v) is 2.42. The maximum absolute atomic E-state index is 12.7. The minimum atomic E-state index is -2.36. The molecule has 0 radical (unpaired) electrons. The standard InChI is InChI=1S/C13H12F2N4O2.2H2/c1-5-6(7-2-8(7)11(14)15)3-10(19-18-5)9-4-16-13(21)17-12(9)20;;/h3-4,7-8,11H,2H2,1H3,(H2,16,17,20,21);2*1H/t7?,8-;;/m0../s1. The van der Waals surface area contributed by atoms with E-state index in [1.54, 1.807) is 13.0 Å². The fraction of sp³-hybridized carbons (Fsp3) is 0.385. The van der Waals surface area contributed by atoms with E-state index in [1.165, 1.54) is 6.20 Å². The van der Waals surface area contributed by atoms with Crippen LogP contribution in [0.5, 0.6) is 0 Å². The van der Waals surface area contributed by atoms with Crippen LogP contribution >= 0.6 is 0 Å². The average molecular weight is 298 g/mol. The molecule has 21 heavy (non-hydrogen) atoms. The van der Waals surface area contributed by atoms with E-state index in [9.17, 15) is 18.4 Å². The van der Waals surface area contributed by atoms with Gasteiger partial charge in [0.05, 0.1) is 11.3 Å². The number of alkyl halides is 2. The van der Waals surface area contributed by atoms with Gasteiger partial charge in [-0.3, -0.25) is 9.78 Å². The normalized spacial score (nSPS) is 20.8. The minimum absolute atomic E-state index is 0. The van der Waals surface area contributed by atoms with Crippen molar-refractivity contribution < 1.29 is 11.6 Å². The molecule has 2 aromatic rings. The van der Waals surface area contributed by atoms with Gasteiger partial charge in [-0.05, 0) is 30.9 Å². The molecule has 2 aromatic heterocycles. The van der Waals surface area contributed by atoms with Gasteiger partial charge in [0.25, 0.3) is 5.56 Å². The van der Waals surface area contributed by atoms with E-state index in [0.717, 1.165) is 0 Å². The highest BCUT2D eigenvalue weighted by atomic mass is 19.3. The average Bonchev–Trinajstić information content (AvgIpc) is 3.20. The van der Waals surface area contributed by atoms with E-state index in [1.807, 2.05) is 0 Å². The summed E-state index contributed by atoms with van der Waals surface area (Å²) in [6.45, 7) is 1.70. The van der Waals surface area contributed by atoms with Crippen LogP contribution in [0.3, 0.4) is 0 Å². The van der Waals surface area contributed by atoms with E-state index < -0.39 is 23.6 Å². The van der Waals surface area contributed by atoms with E-state index in [2.05, 4.69) is 20.2 Å². The number of halogens is 2. The van der Waals surface area contributed by atoms with Crippen molar-refractivity contribution in [2.75, 3.05) is 0 Å². The number of aromatic nitrogens is 4. The van der Waals surface area contributed by atoms with E-state index in [4.69, 9.17) is 0 Å². The predicted molar refractivity (Wildman–Crippen MR) is 74.5 cm³/mol. The van der Waals surface area contributed by atoms with Crippen molar-refractivity contribution in [3.05, 3.63) is 44.4 Å². The summed E-state index contributed by atoms with van der Waals surface area (Å²) in [4.78, 5) is 27.2. The second-order valence-corrected chi connectivity index (χ2v) is 5.10. The number of aryl methyl sites for hydroxylation is 1. The molecule has 0 bridgehead atoms. The van der Waals surface area contributed by atoms with Crippen molar-refractivity contribution in [1.29, 1.82) is 0 Å². The Morgan fingerprint density at radius 2 is 2.14 bits per heavy atom. The molecular weight excluding hydrogens is 282 g/mol. The second-order valence-electron chi connectivity index (χ2n) is 5.10. The zero-order valence-electron chi connectivity index (χ0n) is 11.1. The third-order valence-corrected chi connectivity index (χ3v) is 3.68. The highest BCUT2D eigenvalue weighted by molar-refractivity contribution is 5.57. The van der Waals surface area contributed by atoms with E-state index >= 15 is 0 Å². The van der Waals surface area contributed by atoms with Gasteiger partial charge in [-0.25, -0.2) is 13.6 Å². The molecule has 1 fully saturated rings. The van der Waals surface area contributed by atoms with Gasteiger partial charge in [-0.1, -0.05) is 0 Å². The van der Waals surface area contributed by atoms with Gasteiger partial charge in [0, 0.05) is 15.0 Å². The summed E-state index contributed by atoms with van der Waals surface area (Å²) >= 11 is 0. The molecule has 1 aliphatic carbocycles. The molecular formula is C13H16F2N4O2. The topological polar surface area (TPSA) is 91.5 Å². The van der Waals surface area contributed by atoms with Crippen LogP contribution in [0.2, 0.25) is 0 Å². The first-order chi connectivity index (χ1) is 9.97. The van der Waals surface area contributed by atoms with Crippen LogP contribution in [-0.4, -0.2) is 26.6 Å². The number of aromatic amines is 2. The number of hydrogen-bond donors (Lipinski definition) is 2. The van der Waals surface area contributed by atoms with Gasteiger partial charge in [-0.15, -0.1) is 5.10 Å². The maximum atomic E-state index is 12.7. The first kappa shape index (κ1) is 13.6. The lowest BCUT2D eigenvalue weighted by atomic mass is 10.1. The Hall–Kier alpha value is -2.38. The number of H-pyrrole nitrogens is 2. The second kappa shape index (κ2) is 4.87. The highest BCUT2D eigenvalue weighted by Gasteiger charge is 2.46. The molecule has 0 amide bonds. The molecule has 3 rings (SSSR count). The van der Waals surface area contributed by atoms with Crippen LogP contribution in [0.25, 0.3) is 11.3 Å². The third-order valence-electron chi connectivity index (χ3n) is 3.68. The largest absolute Gasteiger partial charge is 0.325 e. The Morgan fingerprint density at radius 3 is 2.76 bits per heavy atom. The van der Waals surface area contributed by atoms with E-state index in [0.29, 0.717) is 17.7 Å². The fourth-order valence-electron chi connectivity index (χ4n) is 2.42. The number of hydrogen-bond acceptors (Lipinski definition) is 4. The van der Waals surface area contributed by atoms with Crippen LogP contribution in [-0.2, 0) is 0 Å². The van der Waals surface area contributed by atoms with Crippen molar-refractivity contribution in [2.24, 2.45) is 5.92 Å². The molecule has 1 unspecified atom stereocenters. The molecule has 0 saturated heterocycles. The van der Waals surface area contributed by atoms with Gasteiger partial charge in [0.2, 0.25) is 6.43 Å². The minimum Gasteiger partial charge on any atom is -0.313 e. The number of nitrogens with zero attached hydrogens (tertiary/aromatic N) is 2. The lowest BCUT2D eigenvalue weighted by Gasteiger charge is -2.06. The lowest BCUT2D eigenvalue weighted by molar-refractivity contribution is 0.120. The summed E-state index contributed by atoms with van der Waals surface area (Å²) in [6, 6.07) is 1.60. The van der Waals surface area contributed by atoms with Crippen molar-refractivity contribution in [1.82, 2.24) is 20.2 Å².